The molecule has 10 heteroatoms. The Balaban J connectivity index is 2.18. The van der Waals surface area contributed by atoms with Crippen molar-refractivity contribution >= 4 is 27.3 Å². The summed E-state index contributed by atoms with van der Waals surface area (Å²) in [6.45, 7) is 0. The Morgan fingerprint density at radius 3 is 2.35 bits per heavy atom. The summed E-state index contributed by atoms with van der Waals surface area (Å²) in [5, 5.41) is 13.2. The predicted octanol–water partition coefficient (Wildman–Crippen LogP) is 0.999. The number of carbonyl (C=O) groups is 1. The molecule has 0 radical (unpaired) electrons. The van der Waals surface area contributed by atoms with Crippen LogP contribution in [0.25, 0.3) is 0 Å². The number of nitrogens with two attached hydrogens (primary N) is 1. The van der Waals surface area contributed by atoms with Crippen molar-refractivity contribution in [3.05, 3.63) is 64.2 Å². The van der Waals surface area contributed by atoms with Crippen LogP contribution in [0.15, 0.2) is 53.4 Å². The van der Waals surface area contributed by atoms with E-state index in [1.807, 2.05) is 0 Å². The summed E-state index contributed by atoms with van der Waals surface area (Å²) in [7, 11) is -3.77. The Morgan fingerprint density at radius 2 is 1.78 bits per heavy atom. The van der Waals surface area contributed by atoms with Gasteiger partial charge in [0.25, 0.3) is 21.6 Å². The molecule has 0 aliphatic heterocycles. The van der Waals surface area contributed by atoms with Gasteiger partial charge in [0, 0.05) is 23.4 Å². The minimum atomic E-state index is -3.77. The fourth-order valence-corrected chi connectivity index (χ4v) is 2.38. The maximum Gasteiger partial charge on any atom is 0.270 e. The number of benzene rings is 2. The van der Waals surface area contributed by atoms with Crippen LogP contribution in [0.3, 0.4) is 0 Å². The third-order valence-electron chi connectivity index (χ3n) is 2.90. The molecule has 0 atom stereocenters. The summed E-state index contributed by atoms with van der Waals surface area (Å²) >= 11 is 0. The summed E-state index contributed by atoms with van der Waals surface area (Å²) in [5.41, 5.74) is 0.241. The maximum absolute atomic E-state index is 12.0. The fraction of sp³-hybridized carbons (Fsp3) is 0. The number of anilines is 1. The number of amides is 1. The molecule has 0 aliphatic carbocycles. The summed E-state index contributed by atoms with van der Waals surface area (Å²) in [4.78, 5) is 23.8. The largest absolute Gasteiger partial charge is 0.322 e. The molecule has 0 saturated carbocycles. The van der Waals surface area contributed by atoms with Crippen LogP contribution in [0.1, 0.15) is 10.4 Å². The first kappa shape index (κ1) is 16.5. The summed E-state index contributed by atoms with van der Waals surface area (Å²) in [6.07, 6.45) is 0. The number of sulfonamides is 1. The number of nitro benzene ring substituents is 1. The molecule has 0 aromatic heterocycles. The molecule has 2 rings (SSSR count). The highest BCUT2D eigenvalue weighted by Gasteiger charge is 2.13. The van der Waals surface area contributed by atoms with E-state index < -0.39 is 20.9 Å². The molecule has 0 saturated heterocycles. The van der Waals surface area contributed by atoms with Gasteiger partial charge < -0.3 is 5.32 Å². The van der Waals surface area contributed by atoms with Crippen LogP contribution >= 0.6 is 0 Å². The number of non-ortho nitro benzene ring substituents is 1. The number of nitrogens with one attached hydrogen (secondary N) is 2. The zero-order valence-corrected chi connectivity index (χ0v) is 12.4. The van der Waals surface area contributed by atoms with Gasteiger partial charge in [-0.1, -0.05) is 6.07 Å². The van der Waals surface area contributed by atoms with Gasteiger partial charge in [-0.2, -0.15) is 4.83 Å². The molecule has 4 N–H and O–H groups in total. The van der Waals surface area contributed by atoms with Gasteiger partial charge in [-0.3, -0.25) is 20.8 Å². The number of hydrogen-bond acceptors (Lipinski definition) is 6. The topological polar surface area (TPSA) is 144 Å². The van der Waals surface area contributed by atoms with Crippen LogP contribution in [-0.2, 0) is 10.0 Å². The lowest BCUT2D eigenvalue weighted by molar-refractivity contribution is -0.384. The molecule has 0 unspecified atom stereocenters. The van der Waals surface area contributed by atoms with Crippen LogP contribution in [0.4, 0.5) is 11.4 Å². The van der Waals surface area contributed by atoms with E-state index in [2.05, 4.69) is 5.32 Å². The van der Waals surface area contributed by atoms with E-state index in [1.165, 1.54) is 42.5 Å². The number of rotatable bonds is 5. The average molecular weight is 336 g/mol. The molecule has 2 aromatic rings. The van der Waals surface area contributed by atoms with Crippen LogP contribution in [-0.4, -0.2) is 19.2 Å². The Labute approximate surface area is 131 Å². The van der Waals surface area contributed by atoms with E-state index in [0.717, 1.165) is 6.07 Å². The Kier molecular flexibility index (Phi) is 4.69. The molecule has 0 bridgehead atoms. The summed E-state index contributed by atoms with van der Waals surface area (Å²) in [5.74, 6) is 4.35. The van der Waals surface area contributed by atoms with Gasteiger partial charge in [-0.25, -0.2) is 8.42 Å². The first-order chi connectivity index (χ1) is 10.8. The van der Waals surface area contributed by atoms with E-state index >= 15 is 0 Å². The van der Waals surface area contributed by atoms with E-state index in [1.54, 1.807) is 4.83 Å². The second kappa shape index (κ2) is 6.52. The molecule has 9 nitrogen and oxygen atoms in total. The van der Waals surface area contributed by atoms with Crippen molar-refractivity contribution in [2.45, 2.75) is 4.90 Å². The number of carbonyl (C=O) groups excluding carboxylic acids is 1. The first-order valence-corrected chi connectivity index (χ1v) is 7.70. The average Bonchev–Trinajstić information content (AvgIpc) is 2.55. The molecular weight excluding hydrogens is 324 g/mol. The van der Waals surface area contributed by atoms with Crippen molar-refractivity contribution in [3.63, 3.8) is 0 Å². The lowest BCUT2D eigenvalue weighted by Crippen LogP contribution is -2.30. The molecule has 0 fully saturated rings. The standard InChI is InChI=1S/C13H12N4O5S/c14-16-23(21,22)12-6-4-10(5-7-12)15-13(18)9-2-1-3-11(8-9)17(19)20/h1-8,16H,14H2,(H,15,18). The first-order valence-electron chi connectivity index (χ1n) is 6.22. The SMILES string of the molecule is NNS(=O)(=O)c1ccc(NC(=O)c2cccc([N+](=O)[O-])c2)cc1. The van der Waals surface area contributed by atoms with Gasteiger partial charge >= 0.3 is 0 Å². The van der Waals surface area contributed by atoms with Gasteiger partial charge in [-0.05, 0) is 30.3 Å². The monoisotopic (exact) mass is 336 g/mol. The van der Waals surface area contributed by atoms with Crippen LogP contribution in [0.2, 0.25) is 0 Å². The van der Waals surface area contributed by atoms with Crippen LogP contribution in [0.5, 0.6) is 0 Å². The van der Waals surface area contributed by atoms with Crippen molar-refractivity contribution in [1.82, 2.24) is 4.83 Å². The molecule has 120 valence electrons. The fourth-order valence-electron chi connectivity index (χ4n) is 1.75. The Bertz CT molecular complexity index is 849. The Morgan fingerprint density at radius 1 is 1.13 bits per heavy atom. The zero-order valence-electron chi connectivity index (χ0n) is 11.6. The molecule has 1 amide bonds. The Hall–Kier alpha value is -2.82. The van der Waals surface area contributed by atoms with Gasteiger partial charge in [0.15, 0.2) is 0 Å². The van der Waals surface area contributed by atoms with Crippen molar-refractivity contribution < 1.29 is 18.1 Å². The van der Waals surface area contributed by atoms with Gasteiger partial charge in [0.05, 0.1) is 9.82 Å². The normalized spacial score (nSPS) is 11.0. The molecule has 23 heavy (non-hydrogen) atoms. The van der Waals surface area contributed by atoms with E-state index in [0.29, 0.717) is 5.69 Å². The number of hydrogen-bond donors (Lipinski definition) is 3. The van der Waals surface area contributed by atoms with E-state index in [-0.39, 0.29) is 16.1 Å². The molecule has 2 aromatic carbocycles. The third-order valence-corrected chi connectivity index (χ3v) is 4.10. The van der Waals surface area contributed by atoms with E-state index in [4.69, 9.17) is 5.84 Å². The molecule has 0 aliphatic rings. The number of nitrogens with zero attached hydrogens (tertiary/aromatic N) is 1. The van der Waals surface area contributed by atoms with Crippen molar-refractivity contribution in [2.24, 2.45) is 5.84 Å². The highest BCUT2D eigenvalue weighted by Crippen LogP contribution is 2.17. The number of nitro groups is 1. The van der Waals surface area contributed by atoms with Crippen LogP contribution < -0.4 is 16.0 Å². The summed E-state index contributed by atoms with van der Waals surface area (Å²) < 4.78 is 22.9. The highest BCUT2D eigenvalue weighted by atomic mass is 32.2. The quantitative estimate of drug-likeness (QED) is 0.422. The lowest BCUT2D eigenvalue weighted by Gasteiger charge is -2.07. The lowest BCUT2D eigenvalue weighted by atomic mass is 10.2. The van der Waals surface area contributed by atoms with E-state index in [9.17, 15) is 23.3 Å². The van der Waals surface area contributed by atoms with Crippen molar-refractivity contribution in [2.75, 3.05) is 5.32 Å². The molecule has 0 heterocycles. The highest BCUT2D eigenvalue weighted by molar-refractivity contribution is 7.89. The van der Waals surface area contributed by atoms with Gasteiger partial charge in [0.1, 0.15) is 0 Å². The predicted molar refractivity (Wildman–Crippen MR) is 82.0 cm³/mol. The third kappa shape index (κ3) is 3.88. The smallest absolute Gasteiger partial charge is 0.270 e. The second-order valence-electron chi connectivity index (χ2n) is 4.41. The van der Waals surface area contributed by atoms with Crippen molar-refractivity contribution in [1.29, 1.82) is 0 Å². The maximum atomic E-state index is 12.0. The second-order valence-corrected chi connectivity index (χ2v) is 6.12. The van der Waals surface area contributed by atoms with Crippen LogP contribution in [0, 0.1) is 10.1 Å². The molecular formula is C13H12N4O5S. The molecule has 0 spiro atoms. The van der Waals surface area contributed by atoms with Crippen molar-refractivity contribution in [3.8, 4) is 0 Å². The summed E-state index contributed by atoms with van der Waals surface area (Å²) in [6, 6.07) is 10.5. The zero-order chi connectivity index (χ0) is 17.0. The van der Waals surface area contributed by atoms with Gasteiger partial charge in [0.2, 0.25) is 0 Å². The number of hydrazine groups is 1. The minimum absolute atomic E-state index is 0.0617. The minimum Gasteiger partial charge on any atom is -0.322 e. The van der Waals surface area contributed by atoms with Gasteiger partial charge in [-0.15, -0.1) is 0 Å².